The first-order valence-electron chi connectivity index (χ1n) is 11.1. The predicted octanol–water partition coefficient (Wildman–Crippen LogP) is 6.20. The number of aliphatic hydroxyl groups is 1. The number of halogens is 1. The van der Waals surface area contributed by atoms with E-state index in [9.17, 15) is 9.90 Å². The number of piperidine rings is 1. The summed E-state index contributed by atoms with van der Waals surface area (Å²) in [5.74, 6) is 0.793. The van der Waals surface area contributed by atoms with E-state index in [2.05, 4.69) is 4.98 Å². The van der Waals surface area contributed by atoms with E-state index < -0.39 is 5.60 Å². The third-order valence-electron chi connectivity index (χ3n) is 5.53. The molecule has 1 fully saturated rings. The summed E-state index contributed by atoms with van der Waals surface area (Å²) < 4.78 is 13.0. The molecule has 4 rings (SSSR count). The number of hydrogen-bond donors (Lipinski definition) is 1. The highest BCUT2D eigenvalue weighted by molar-refractivity contribution is 7.19. The number of aliphatic hydroxyl groups excluding tert-OH is 1. The summed E-state index contributed by atoms with van der Waals surface area (Å²) in [7, 11) is 0. The molecule has 0 spiro atoms. The Morgan fingerprint density at radius 3 is 2.64 bits per heavy atom. The SMILES string of the molecule is Cc1cc(Cl)cc(-c2ccnc3cc(CO)sc23)c1OC1CCN(C(=O)OC(C)(C)C)CC1. The van der Waals surface area contributed by atoms with Crippen LogP contribution in [0.1, 0.15) is 44.1 Å². The van der Waals surface area contributed by atoms with Gasteiger partial charge < -0.3 is 19.5 Å². The van der Waals surface area contributed by atoms with E-state index in [0.29, 0.717) is 18.1 Å². The first kappa shape index (κ1) is 23.8. The zero-order valence-corrected chi connectivity index (χ0v) is 20.9. The minimum absolute atomic E-state index is 0.0176. The maximum Gasteiger partial charge on any atom is 0.410 e. The molecule has 0 atom stereocenters. The molecule has 6 nitrogen and oxygen atoms in total. The molecule has 0 bridgehead atoms. The summed E-state index contributed by atoms with van der Waals surface area (Å²) >= 11 is 7.96. The van der Waals surface area contributed by atoms with E-state index in [1.54, 1.807) is 11.1 Å². The third-order valence-corrected chi connectivity index (χ3v) is 6.89. The fourth-order valence-corrected chi connectivity index (χ4v) is 5.29. The predicted molar refractivity (Wildman–Crippen MR) is 132 cm³/mol. The van der Waals surface area contributed by atoms with Crippen molar-refractivity contribution in [1.82, 2.24) is 9.88 Å². The Morgan fingerprint density at radius 1 is 1.24 bits per heavy atom. The van der Waals surface area contributed by atoms with Crippen LogP contribution in [0.3, 0.4) is 0 Å². The monoisotopic (exact) mass is 488 g/mol. The van der Waals surface area contributed by atoms with Crippen molar-refractivity contribution in [2.75, 3.05) is 13.1 Å². The van der Waals surface area contributed by atoms with Crippen LogP contribution in [0.25, 0.3) is 21.3 Å². The molecular weight excluding hydrogens is 460 g/mol. The third kappa shape index (κ3) is 5.42. The normalized spacial score (nSPS) is 15.2. The minimum Gasteiger partial charge on any atom is -0.489 e. The summed E-state index contributed by atoms with van der Waals surface area (Å²) in [6, 6.07) is 7.70. The molecule has 3 aromatic rings. The summed E-state index contributed by atoms with van der Waals surface area (Å²) in [6.07, 6.45) is 2.92. The van der Waals surface area contributed by atoms with Crippen LogP contribution in [0.2, 0.25) is 5.02 Å². The molecule has 33 heavy (non-hydrogen) atoms. The van der Waals surface area contributed by atoms with Gasteiger partial charge in [-0.05, 0) is 57.5 Å². The van der Waals surface area contributed by atoms with Gasteiger partial charge in [-0.25, -0.2) is 4.79 Å². The van der Waals surface area contributed by atoms with Gasteiger partial charge in [-0.15, -0.1) is 11.3 Å². The van der Waals surface area contributed by atoms with Gasteiger partial charge in [0, 0.05) is 53.2 Å². The second kappa shape index (κ2) is 9.49. The molecule has 2 aromatic heterocycles. The van der Waals surface area contributed by atoms with Crippen LogP contribution >= 0.6 is 22.9 Å². The van der Waals surface area contributed by atoms with Crippen molar-refractivity contribution in [1.29, 1.82) is 0 Å². The van der Waals surface area contributed by atoms with E-state index in [0.717, 1.165) is 50.4 Å². The van der Waals surface area contributed by atoms with Crippen LogP contribution in [0.15, 0.2) is 30.5 Å². The number of ether oxygens (including phenoxy) is 2. The van der Waals surface area contributed by atoms with Gasteiger partial charge in [-0.2, -0.15) is 0 Å². The number of carbonyl (C=O) groups excluding carboxylic acids is 1. The number of rotatable bonds is 4. The number of likely N-dealkylation sites (tertiary alicyclic amines) is 1. The molecule has 1 aliphatic rings. The Labute approximate surface area is 203 Å². The molecule has 1 aromatic carbocycles. The lowest BCUT2D eigenvalue weighted by Gasteiger charge is -2.34. The highest BCUT2D eigenvalue weighted by Crippen LogP contribution is 2.42. The molecule has 0 radical (unpaired) electrons. The van der Waals surface area contributed by atoms with E-state index >= 15 is 0 Å². The fourth-order valence-electron chi connectivity index (χ4n) is 4.01. The molecule has 1 saturated heterocycles. The molecule has 3 heterocycles. The molecule has 0 unspecified atom stereocenters. The van der Waals surface area contributed by atoms with E-state index in [1.807, 2.05) is 52.0 Å². The van der Waals surface area contributed by atoms with Crippen LogP contribution in [0.4, 0.5) is 4.79 Å². The van der Waals surface area contributed by atoms with Gasteiger partial charge in [-0.1, -0.05) is 11.6 Å². The maximum absolute atomic E-state index is 12.4. The summed E-state index contributed by atoms with van der Waals surface area (Å²) in [5.41, 5.74) is 3.18. The van der Waals surface area contributed by atoms with Crippen LogP contribution in [-0.2, 0) is 11.3 Å². The molecule has 1 N–H and O–H groups in total. The van der Waals surface area contributed by atoms with E-state index in [-0.39, 0.29) is 18.8 Å². The number of hydrogen-bond acceptors (Lipinski definition) is 6. The summed E-state index contributed by atoms with van der Waals surface area (Å²) in [5, 5.41) is 10.2. The molecule has 1 amide bonds. The standard InChI is InChI=1S/C25H29ClN2O4S/c1-15-11-16(26)12-20(19-5-8-27-21-13-18(14-29)33-23(19)21)22(15)31-17-6-9-28(10-7-17)24(30)32-25(2,3)4/h5,8,11-13,17,29H,6-7,9-10,14H2,1-4H3. The average Bonchev–Trinajstić information content (AvgIpc) is 3.18. The number of aromatic nitrogens is 1. The lowest BCUT2D eigenvalue weighted by Crippen LogP contribution is -2.44. The Bertz CT molecular complexity index is 1160. The van der Waals surface area contributed by atoms with Gasteiger partial charge in [-0.3, -0.25) is 4.98 Å². The van der Waals surface area contributed by atoms with Crippen LogP contribution in [0.5, 0.6) is 5.75 Å². The fraction of sp³-hybridized carbons (Fsp3) is 0.440. The lowest BCUT2D eigenvalue weighted by atomic mass is 10.0. The Morgan fingerprint density at radius 2 is 1.97 bits per heavy atom. The van der Waals surface area contributed by atoms with E-state index in [4.69, 9.17) is 21.1 Å². The van der Waals surface area contributed by atoms with Gasteiger partial charge in [0.2, 0.25) is 0 Å². The second-order valence-corrected chi connectivity index (χ2v) is 10.9. The van der Waals surface area contributed by atoms with Gasteiger partial charge in [0.1, 0.15) is 17.5 Å². The molecule has 8 heteroatoms. The van der Waals surface area contributed by atoms with Crippen molar-refractivity contribution >= 4 is 39.2 Å². The summed E-state index contributed by atoms with van der Waals surface area (Å²) in [4.78, 5) is 19.4. The molecule has 0 aliphatic carbocycles. The zero-order chi connectivity index (χ0) is 23.8. The van der Waals surface area contributed by atoms with Crippen LogP contribution in [-0.4, -0.2) is 45.9 Å². The van der Waals surface area contributed by atoms with Gasteiger partial charge in [0.05, 0.1) is 16.8 Å². The van der Waals surface area contributed by atoms with Crippen molar-refractivity contribution in [2.45, 2.75) is 58.8 Å². The smallest absolute Gasteiger partial charge is 0.410 e. The highest BCUT2D eigenvalue weighted by atomic mass is 35.5. The van der Waals surface area contributed by atoms with Crippen molar-refractivity contribution < 1.29 is 19.4 Å². The van der Waals surface area contributed by atoms with Gasteiger partial charge in [0.15, 0.2) is 0 Å². The van der Waals surface area contributed by atoms with Crippen molar-refractivity contribution in [3.05, 3.63) is 45.9 Å². The van der Waals surface area contributed by atoms with Crippen LogP contribution < -0.4 is 4.74 Å². The molecular formula is C25H29ClN2O4S. The number of amides is 1. The van der Waals surface area contributed by atoms with Crippen molar-refractivity contribution in [2.24, 2.45) is 0 Å². The number of nitrogens with zero attached hydrogens (tertiary/aromatic N) is 2. The Hall–Kier alpha value is -2.35. The number of thiophene rings is 1. The van der Waals surface area contributed by atoms with Crippen molar-refractivity contribution in [3.8, 4) is 16.9 Å². The summed E-state index contributed by atoms with van der Waals surface area (Å²) in [6.45, 7) is 8.77. The molecule has 1 aliphatic heterocycles. The number of benzene rings is 1. The largest absolute Gasteiger partial charge is 0.489 e. The van der Waals surface area contributed by atoms with Gasteiger partial charge in [0.25, 0.3) is 0 Å². The lowest BCUT2D eigenvalue weighted by molar-refractivity contribution is 0.0126. The minimum atomic E-state index is -0.507. The quantitative estimate of drug-likeness (QED) is 0.473. The second-order valence-electron chi connectivity index (χ2n) is 9.33. The maximum atomic E-state index is 12.4. The topological polar surface area (TPSA) is 71.9 Å². The number of pyridine rings is 1. The first-order valence-corrected chi connectivity index (χ1v) is 12.3. The number of carbonyl (C=O) groups is 1. The highest BCUT2D eigenvalue weighted by Gasteiger charge is 2.28. The zero-order valence-electron chi connectivity index (χ0n) is 19.4. The van der Waals surface area contributed by atoms with E-state index in [1.165, 1.54) is 11.3 Å². The molecule has 176 valence electrons. The number of aryl methyl sites for hydroxylation is 1. The van der Waals surface area contributed by atoms with Crippen LogP contribution in [0, 0.1) is 6.92 Å². The molecule has 0 saturated carbocycles. The average molecular weight is 489 g/mol. The van der Waals surface area contributed by atoms with Gasteiger partial charge >= 0.3 is 6.09 Å². The Kier molecular flexibility index (Phi) is 6.84. The Balaban J connectivity index is 1.58. The van der Waals surface area contributed by atoms with Crippen molar-refractivity contribution in [3.63, 3.8) is 0 Å². The first-order chi connectivity index (χ1) is 15.6. The number of fused-ring (bicyclic) bond motifs is 1.